The number of hydrogen-bond acceptors (Lipinski definition) is 8. The topological polar surface area (TPSA) is 131 Å². The number of hydrogen-bond donors (Lipinski definition) is 5. The van der Waals surface area contributed by atoms with E-state index in [2.05, 4.69) is 64.0 Å². The number of nitrogens with two attached hydrogens (primary N) is 2. The van der Waals surface area contributed by atoms with Gasteiger partial charge in [-0.05, 0) is 68.4 Å². The first-order valence-corrected chi connectivity index (χ1v) is 17.6. The van der Waals surface area contributed by atoms with Gasteiger partial charge in [-0.2, -0.15) is 0 Å². The van der Waals surface area contributed by atoms with E-state index in [-0.39, 0.29) is 23.2 Å². The normalized spacial score (nSPS) is 17.9. The predicted octanol–water partition coefficient (Wildman–Crippen LogP) is 6.81. The number of ether oxygens (including phenoxy) is 1. The van der Waals surface area contributed by atoms with Crippen molar-refractivity contribution in [3.8, 4) is 5.75 Å². The molecule has 51 heavy (non-hydrogen) atoms. The zero-order valence-electron chi connectivity index (χ0n) is 30.3. The van der Waals surface area contributed by atoms with Crippen LogP contribution in [0.5, 0.6) is 5.75 Å². The average molecular weight is 700 g/mol. The van der Waals surface area contributed by atoms with Gasteiger partial charge in [-0.15, -0.1) is 0 Å². The molecule has 3 fully saturated rings. The molecule has 0 spiro atoms. The summed E-state index contributed by atoms with van der Waals surface area (Å²) in [6.07, 6.45) is 16.0. The first-order chi connectivity index (χ1) is 24.4. The summed E-state index contributed by atoms with van der Waals surface area (Å²) in [5.41, 5.74) is 20.7. The van der Waals surface area contributed by atoms with Crippen LogP contribution >= 0.6 is 0 Å². The highest BCUT2D eigenvalue weighted by molar-refractivity contribution is 5.84. The van der Waals surface area contributed by atoms with Crippen LogP contribution in [0.4, 0.5) is 14.5 Å². The van der Waals surface area contributed by atoms with Gasteiger partial charge in [0.25, 0.3) is 5.92 Å². The summed E-state index contributed by atoms with van der Waals surface area (Å²) in [7, 11) is 3.49. The van der Waals surface area contributed by atoms with E-state index in [0.717, 1.165) is 74.6 Å². The second-order valence-electron chi connectivity index (χ2n) is 13.6. The highest BCUT2D eigenvalue weighted by Gasteiger charge is 2.30. The van der Waals surface area contributed by atoms with E-state index in [1.54, 1.807) is 19.3 Å². The van der Waals surface area contributed by atoms with Gasteiger partial charge >= 0.3 is 0 Å². The molecule has 0 radical (unpaired) electrons. The van der Waals surface area contributed by atoms with Gasteiger partial charge in [0.15, 0.2) is 0 Å². The Morgan fingerprint density at radius 1 is 1.12 bits per heavy atom. The smallest absolute Gasteiger partial charge is 0.272 e. The minimum atomic E-state index is -2.89. The lowest BCUT2D eigenvalue weighted by atomic mass is 9.91. The van der Waals surface area contributed by atoms with Crippen molar-refractivity contribution >= 4 is 17.2 Å². The van der Waals surface area contributed by atoms with Crippen LogP contribution in [0.1, 0.15) is 69.7 Å². The van der Waals surface area contributed by atoms with Gasteiger partial charge < -0.3 is 32.2 Å². The maximum Gasteiger partial charge on any atom is 0.272 e. The number of allylic oxidation sites excluding steroid dienone is 7. The van der Waals surface area contributed by atoms with E-state index in [9.17, 15) is 13.6 Å². The Morgan fingerprint density at radius 2 is 1.86 bits per heavy atom. The summed E-state index contributed by atoms with van der Waals surface area (Å²) in [5.74, 6) is -1.75. The molecule has 0 unspecified atom stereocenters. The van der Waals surface area contributed by atoms with Crippen LogP contribution in [-0.4, -0.2) is 43.0 Å². The number of pyridine rings is 1. The number of para-hydroxylation sites is 1. The maximum absolute atomic E-state index is 13.6. The van der Waals surface area contributed by atoms with E-state index in [1.807, 2.05) is 25.2 Å². The summed E-state index contributed by atoms with van der Waals surface area (Å²) >= 11 is 0. The SMILES string of the molecule is CC/C=C/C(=C\C=C(/C)C1CN(Cc2ccc(C(C)(F)F)cn2)C1)c1cccc(NC(/C=C(\N)NC(=O)C2CC2)=C(/N)C(NC)=C2CC2)c1OC. The lowest BCUT2D eigenvalue weighted by Crippen LogP contribution is -2.46. The molecule has 1 saturated heterocycles. The number of likely N-dealkylation sites (N-methyl/N-ethyl adjacent to an activating group) is 1. The van der Waals surface area contributed by atoms with E-state index in [1.165, 1.54) is 23.4 Å². The quantitative estimate of drug-likeness (QED) is 0.121. The molecular weight excluding hydrogens is 648 g/mol. The molecule has 0 bridgehead atoms. The Morgan fingerprint density at radius 3 is 2.45 bits per heavy atom. The number of carbonyl (C=O) groups excluding carboxylic acids is 1. The monoisotopic (exact) mass is 699 g/mol. The van der Waals surface area contributed by atoms with Crippen molar-refractivity contribution in [2.45, 2.75) is 65.3 Å². The van der Waals surface area contributed by atoms with Gasteiger partial charge in [-0.1, -0.05) is 48.9 Å². The van der Waals surface area contributed by atoms with Crippen molar-refractivity contribution in [2.24, 2.45) is 23.3 Å². The van der Waals surface area contributed by atoms with Gasteiger partial charge in [0.05, 0.1) is 35.6 Å². The molecule has 0 atom stereocenters. The third kappa shape index (κ3) is 9.88. The molecule has 1 aliphatic heterocycles. The highest BCUT2D eigenvalue weighted by atomic mass is 19.3. The molecule has 1 aromatic heterocycles. The molecule has 1 amide bonds. The Hall–Kier alpha value is -4.90. The standard InChI is InChI=1S/C40H51F2N7O2/c1-6-7-9-26(13-12-25(2)29-22-49(23-29)24-31-19-18-30(21-46-31)40(3,41)42)32-10-8-11-33(38(32)51-5)47-34(36(44)37(45-4)27-14-15-27)20-35(43)48-39(50)28-16-17-28/h7-13,18-21,28-29,45,47H,6,14-17,22-24,43-44H2,1-5H3,(H,48,50)/b9-7+,25-12+,26-13+,35-20+,36-34+. The molecule has 5 rings (SSSR count). The van der Waals surface area contributed by atoms with Crippen molar-refractivity contribution in [3.05, 3.63) is 118 Å². The number of halogens is 2. The summed E-state index contributed by atoms with van der Waals surface area (Å²) in [6, 6.07) is 9.05. The van der Waals surface area contributed by atoms with Gasteiger partial charge in [0.1, 0.15) is 11.6 Å². The first-order valence-electron chi connectivity index (χ1n) is 17.6. The Bertz CT molecular complexity index is 1770. The molecule has 1 aromatic carbocycles. The van der Waals surface area contributed by atoms with Crippen LogP contribution in [0.2, 0.25) is 0 Å². The number of alkyl halides is 2. The minimum absolute atomic E-state index is 0.0106. The average Bonchev–Trinajstić information content (AvgIpc) is 4.00. The number of rotatable bonds is 16. The number of methoxy groups -OCH3 is 1. The highest BCUT2D eigenvalue weighted by Crippen LogP contribution is 2.38. The summed E-state index contributed by atoms with van der Waals surface area (Å²) in [4.78, 5) is 19.0. The summed E-state index contributed by atoms with van der Waals surface area (Å²) in [6.45, 7) is 7.47. The third-order valence-corrected chi connectivity index (χ3v) is 9.36. The lowest BCUT2D eigenvalue weighted by molar-refractivity contribution is -0.121. The van der Waals surface area contributed by atoms with E-state index in [0.29, 0.717) is 35.3 Å². The van der Waals surface area contributed by atoms with Gasteiger partial charge in [-0.25, -0.2) is 8.78 Å². The molecule has 2 saturated carbocycles. The largest absolute Gasteiger partial charge is 0.494 e. The van der Waals surface area contributed by atoms with Gasteiger partial charge in [0, 0.05) is 68.8 Å². The van der Waals surface area contributed by atoms with Crippen molar-refractivity contribution in [1.29, 1.82) is 0 Å². The lowest BCUT2D eigenvalue weighted by Gasteiger charge is -2.39. The molecule has 2 aromatic rings. The fourth-order valence-electron chi connectivity index (χ4n) is 5.97. The number of anilines is 1. The maximum atomic E-state index is 13.6. The third-order valence-electron chi connectivity index (χ3n) is 9.36. The molecule has 272 valence electrons. The van der Waals surface area contributed by atoms with Crippen LogP contribution in [0.15, 0.2) is 101 Å². The zero-order valence-corrected chi connectivity index (χ0v) is 30.3. The van der Waals surface area contributed by atoms with Crippen molar-refractivity contribution in [1.82, 2.24) is 20.5 Å². The number of benzene rings is 1. The van der Waals surface area contributed by atoms with Crippen LogP contribution in [-0.2, 0) is 17.3 Å². The number of likely N-dealkylation sites (tertiary alicyclic amines) is 1. The van der Waals surface area contributed by atoms with Gasteiger partial charge in [0.2, 0.25) is 5.91 Å². The number of amides is 1. The van der Waals surface area contributed by atoms with Crippen LogP contribution in [0, 0.1) is 11.8 Å². The van der Waals surface area contributed by atoms with Gasteiger partial charge in [-0.3, -0.25) is 14.7 Å². The molecule has 3 aliphatic rings. The molecule has 2 heterocycles. The summed E-state index contributed by atoms with van der Waals surface area (Å²) < 4.78 is 33.2. The number of nitrogens with one attached hydrogen (secondary N) is 3. The molecule has 2 aliphatic carbocycles. The fraction of sp³-hybridized carbons (Fsp3) is 0.400. The molecular formula is C40H51F2N7O2. The van der Waals surface area contributed by atoms with Crippen molar-refractivity contribution in [3.63, 3.8) is 0 Å². The van der Waals surface area contributed by atoms with E-state index >= 15 is 0 Å². The molecule has 7 N–H and O–H groups in total. The number of carbonyl (C=O) groups is 1. The van der Waals surface area contributed by atoms with E-state index in [4.69, 9.17) is 16.2 Å². The van der Waals surface area contributed by atoms with Crippen LogP contribution in [0.3, 0.4) is 0 Å². The second-order valence-corrected chi connectivity index (χ2v) is 13.6. The first kappa shape index (κ1) is 37.4. The second kappa shape index (κ2) is 16.4. The Kier molecular flexibility index (Phi) is 12.0. The molecule has 9 nitrogen and oxygen atoms in total. The zero-order chi connectivity index (χ0) is 36.7. The van der Waals surface area contributed by atoms with Crippen molar-refractivity contribution < 1.29 is 18.3 Å². The van der Waals surface area contributed by atoms with Crippen molar-refractivity contribution in [2.75, 3.05) is 32.6 Å². The Balaban J connectivity index is 1.37. The Labute approximate surface area is 300 Å². The van der Waals surface area contributed by atoms with Crippen LogP contribution in [0.25, 0.3) is 5.57 Å². The fourth-order valence-corrected chi connectivity index (χ4v) is 5.97. The predicted molar refractivity (Wildman–Crippen MR) is 200 cm³/mol. The van der Waals surface area contributed by atoms with Crippen LogP contribution < -0.4 is 32.2 Å². The van der Waals surface area contributed by atoms with E-state index < -0.39 is 5.92 Å². The minimum Gasteiger partial charge on any atom is -0.494 e. The summed E-state index contributed by atoms with van der Waals surface area (Å²) in [5, 5.41) is 9.51. The number of nitrogens with zero attached hydrogens (tertiary/aromatic N) is 2. The molecule has 11 heteroatoms. The number of aromatic nitrogens is 1.